The second-order valence-corrected chi connectivity index (χ2v) is 8.36. The number of sulfonamides is 1. The summed E-state index contributed by atoms with van der Waals surface area (Å²) in [5.41, 5.74) is -0.515. The molecule has 1 unspecified atom stereocenters. The van der Waals surface area contributed by atoms with Crippen LogP contribution in [0.3, 0.4) is 0 Å². The van der Waals surface area contributed by atoms with Gasteiger partial charge in [0.25, 0.3) is 5.69 Å². The molecule has 7 nitrogen and oxygen atoms in total. The third-order valence-corrected chi connectivity index (χ3v) is 5.75. The minimum Gasteiger partial charge on any atom is -0.303 e. The summed E-state index contributed by atoms with van der Waals surface area (Å²) < 4.78 is 27.3. The van der Waals surface area contributed by atoms with Crippen molar-refractivity contribution >= 4 is 27.3 Å². The van der Waals surface area contributed by atoms with E-state index >= 15 is 0 Å². The van der Waals surface area contributed by atoms with Crippen molar-refractivity contribution in [3.05, 3.63) is 33.3 Å². The Hall–Kier alpha value is -1.22. The minimum atomic E-state index is -3.96. The van der Waals surface area contributed by atoms with Gasteiger partial charge in [-0.1, -0.05) is 24.9 Å². The fraction of sp³-hybridized carbons (Fsp3) is 0.600. The molecule has 24 heavy (non-hydrogen) atoms. The first-order chi connectivity index (χ1) is 11.3. The molecule has 0 aliphatic carbocycles. The molecule has 1 atom stereocenters. The van der Waals surface area contributed by atoms with E-state index in [4.69, 9.17) is 11.6 Å². The molecular formula is C15H22ClN3O4S. The fourth-order valence-electron chi connectivity index (χ4n) is 2.84. The second-order valence-electron chi connectivity index (χ2n) is 6.19. The van der Waals surface area contributed by atoms with E-state index < -0.39 is 20.6 Å². The number of rotatable bonds is 7. The van der Waals surface area contributed by atoms with Crippen LogP contribution in [0.15, 0.2) is 23.1 Å². The van der Waals surface area contributed by atoms with Gasteiger partial charge in [0.2, 0.25) is 10.0 Å². The molecule has 1 saturated heterocycles. The molecule has 1 aromatic rings. The first-order valence-electron chi connectivity index (χ1n) is 7.95. The van der Waals surface area contributed by atoms with Crippen LogP contribution in [-0.4, -0.2) is 44.4 Å². The number of nitro groups is 1. The fourth-order valence-corrected chi connectivity index (χ4v) is 4.32. The largest absolute Gasteiger partial charge is 0.303 e. The van der Waals surface area contributed by atoms with E-state index in [1.807, 2.05) is 6.92 Å². The van der Waals surface area contributed by atoms with Crippen molar-refractivity contribution in [1.29, 1.82) is 0 Å². The van der Waals surface area contributed by atoms with E-state index in [0.29, 0.717) is 0 Å². The van der Waals surface area contributed by atoms with Gasteiger partial charge in [0.15, 0.2) is 4.90 Å². The molecule has 1 aromatic carbocycles. The van der Waals surface area contributed by atoms with Gasteiger partial charge in [-0.05, 0) is 44.0 Å². The molecular weight excluding hydrogens is 354 g/mol. The van der Waals surface area contributed by atoms with Crippen molar-refractivity contribution in [3.63, 3.8) is 0 Å². The van der Waals surface area contributed by atoms with Crippen LogP contribution in [0, 0.1) is 16.0 Å². The van der Waals surface area contributed by atoms with E-state index in [1.54, 1.807) is 0 Å². The minimum absolute atomic E-state index is 0.115. The lowest BCUT2D eigenvalue weighted by molar-refractivity contribution is -0.387. The lowest BCUT2D eigenvalue weighted by Crippen LogP contribution is -2.38. The highest BCUT2D eigenvalue weighted by atomic mass is 35.5. The summed E-state index contributed by atoms with van der Waals surface area (Å²) in [5, 5.41) is 11.2. The van der Waals surface area contributed by atoms with Gasteiger partial charge in [-0.15, -0.1) is 0 Å². The zero-order valence-electron chi connectivity index (χ0n) is 13.6. The van der Waals surface area contributed by atoms with Crippen molar-refractivity contribution < 1.29 is 13.3 Å². The number of piperidine rings is 1. The Morgan fingerprint density at radius 1 is 1.33 bits per heavy atom. The van der Waals surface area contributed by atoms with Crippen molar-refractivity contribution in [3.8, 4) is 0 Å². The number of hydrogen-bond donors (Lipinski definition) is 1. The predicted octanol–water partition coefficient (Wildman–Crippen LogP) is 2.65. The number of nitro benzene ring substituents is 1. The summed E-state index contributed by atoms with van der Waals surface area (Å²) >= 11 is 5.72. The number of hydrogen-bond acceptors (Lipinski definition) is 5. The maximum Gasteiger partial charge on any atom is 0.290 e. The zero-order valence-corrected chi connectivity index (χ0v) is 15.1. The van der Waals surface area contributed by atoms with Crippen molar-refractivity contribution in [2.24, 2.45) is 5.92 Å². The summed E-state index contributed by atoms with van der Waals surface area (Å²) in [5.74, 6) is 0.115. The second kappa shape index (κ2) is 8.24. The number of nitrogens with one attached hydrogen (secondary N) is 1. The van der Waals surface area contributed by atoms with Crippen LogP contribution in [0.4, 0.5) is 5.69 Å². The number of halogens is 1. The van der Waals surface area contributed by atoms with Crippen LogP contribution in [0.25, 0.3) is 0 Å². The molecule has 0 bridgehead atoms. The Balaban J connectivity index is 2.02. The van der Waals surface area contributed by atoms with E-state index in [2.05, 4.69) is 9.62 Å². The Bertz CT molecular complexity index is 690. The lowest BCUT2D eigenvalue weighted by Gasteiger charge is -2.29. The number of benzene rings is 1. The van der Waals surface area contributed by atoms with Crippen LogP contribution in [0.1, 0.15) is 26.2 Å². The predicted molar refractivity (Wildman–Crippen MR) is 92.7 cm³/mol. The van der Waals surface area contributed by atoms with E-state index in [1.165, 1.54) is 25.3 Å². The summed E-state index contributed by atoms with van der Waals surface area (Å²) in [7, 11) is -3.96. The summed E-state index contributed by atoms with van der Waals surface area (Å²) in [6, 6.07) is 3.55. The molecule has 1 heterocycles. The number of nitrogens with zero attached hydrogens (tertiary/aromatic N) is 2. The maximum atomic E-state index is 12.4. The highest BCUT2D eigenvalue weighted by molar-refractivity contribution is 7.89. The van der Waals surface area contributed by atoms with Crippen LogP contribution < -0.4 is 4.72 Å². The summed E-state index contributed by atoms with van der Waals surface area (Å²) in [6.07, 6.45) is 3.60. The van der Waals surface area contributed by atoms with Gasteiger partial charge in [-0.3, -0.25) is 10.1 Å². The van der Waals surface area contributed by atoms with Crippen molar-refractivity contribution in [2.75, 3.05) is 26.2 Å². The monoisotopic (exact) mass is 375 g/mol. The molecule has 134 valence electrons. The Kier molecular flexibility index (Phi) is 6.56. The molecule has 0 amide bonds. The van der Waals surface area contributed by atoms with Gasteiger partial charge in [0.05, 0.1) is 4.92 Å². The lowest BCUT2D eigenvalue weighted by atomic mass is 10.1. The smallest absolute Gasteiger partial charge is 0.290 e. The van der Waals surface area contributed by atoms with Gasteiger partial charge >= 0.3 is 0 Å². The van der Waals surface area contributed by atoms with E-state index in [-0.39, 0.29) is 22.4 Å². The van der Waals surface area contributed by atoms with Crippen LogP contribution >= 0.6 is 11.6 Å². The molecule has 0 aromatic heterocycles. The maximum absolute atomic E-state index is 12.4. The molecule has 0 radical (unpaired) electrons. The molecule has 0 spiro atoms. The summed E-state index contributed by atoms with van der Waals surface area (Å²) in [4.78, 5) is 12.3. The first kappa shape index (κ1) is 19.1. The highest BCUT2D eigenvalue weighted by Gasteiger charge is 2.26. The molecule has 0 saturated carbocycles. The van der Waals surface area contributed by atoms with Crippen LogP contribution in [0.5, 0.6) is 0 Å². The average molecular weight is 376 g/mol. The van der Waals surface area contributed by atoms with Crippen LogP contribution in [-0.2, 0) is 10.0 Å². The normalized spacial score (nSPS) is 17.6. The van der Waals surface area contributed by atoms with Gasteiger partial charge in [0, 0.05) is 24.2 Å². The molecule has 1 aliphatic heterocycles. The topological polar surface area (TPSA) is 92.5 Å². The Labute approximate surface area is 147 Å². The SMILES string of the molecule is CC(CNS(=O)(=O)c1ccc(Cl)cc1[N+](=O)[O-])CN1CCCCC1. The molecule has 1 fully saturated rings. The summed E-state index contributed by atoms with van der Waals surface area (Å²) in [6.45, 7) is 5.09. The Morgan fingerprint density at radius 2 is 2.00 bits per heavy atom. The Morgan fingerprint density at radius 3 is 2.62 bits per heavy atom. The zero-order chi connectivity index (χ0) is 17.7. The average Bonchev–Trinajstić information content (AvgIpc) is 2.53. The van der Waals surface area contributed by atoms with Crippen molar-refractivity contribution in [1.82, 2.24) is 9.62 Å². The standard InChI is InChI=1S/C15H22ClN3O4S/c1-12(11-18-7-3-2-4-8-18)10-17-24(22,23)15-6-5-13(16)9-14(15)19(20)21/h5-6,9,12,17H,2-4,7-8,10-11H2,1H3. The van der Waals surface area contributed by atoms with E-state index in [9.17, 15) is 18.5 Å². The third-order valence-electron chi connectivity index (χ3n) is 4.05. The first-order valence-corrected chi connectivity index (χ1v) is 9.81. The highest BCUT2D eigenvalue weighted by Crippen LogP contribution is 2.27. The van der Waals surface area contributed by atoms with Gasteiger partial charge < -0.3 is 4.90 Å². The molecule has 2 rings (SSSR count). The van der Waals surface area contributed by atoms with Gasteiger partial charge in [-0.25, -0.2) is 13.1 Å². The third kappa shape index (κ3) is 5.14. The number of likely N-dealkylation sites (tertiary alicyclic amines) is 1. The van der Waals surface area contributed by atoms with Gasteiger partial charge in [0.1, 0.15) is 0 Å². The van der Waals surface area contributed by atoms with E-state index in [0.717, 1.165) is 31.8 Å². The van der Waals surface area contributed by atoms with Crippen LogP contribution in [0.2, 0.25) is 5.02 Å². The molecule has 1 aliphatic rings. The van der Waals surface area contributed by atoms with Gasteiger partial charge in [-0.2, -0.15) is 0 Å². The van der Waals surface area contributed by atoms with Crippen molar-refractivity contribution in [2.45, 2.75) is 31.1 Å². The molecule has 9 heteroatoms. The molecule has 1 N–H and O–H groups in total. The quantitative estimate of drug-likeness (QED) is 0.584.